The van der Waals surface area contributed by atoms with Crippen molar-refractivity contribution in [1.29, 1.82) is 0 Å². The molecule has 1 N–H and O–H groups in total. The van der Waals surface area contributed by atoms with Crippen LogP contribution in [0.2, 0.25) is 0 Å². The maximum Gasteiger partial charge on any atom is 0.270 e. The zero-order valence-electron chi connectivity index (χ0n) is 7.31. The average molecular weight is 306 g/mol. The number of rotatable bonds is 3. The summed E-state index contributed by atoms with van der Waals surface area (Å²) in [7, 11) is 0. The van der Waals surface area contributed by atoms with Gasteiger partial charge in [-0.3, -0.25) is 10.1 Å². The Labute approximate surface area is 95.2 Å². The van der Waals surface area contributed by atoms with E-state index in [0.717, 1.165) is 3.57 Å². The van der Waals surface area contributed by atoms with Crippen molar-refractivity contribution >= 4 is 28.3 Å². The second-order valence-electron chi connectivity index (χ2n) is 2.88. The molecule has 1 aromatic rings. The van der Waals surface area contributed by atoms with Crippen molar-refractivity contribution in [1.82, 2.24) is 0 Å². The monoisotopic (exact) mass is 306 g/mol. The van der Waals surface area contributed by atoms with E-state index in [0.29, 0.717) is 5.56 Å². The lowest BCUT2D eigenvalue weighted by Crippen LogP contribution is -2.01. The number of hydrogen-bond donors (Lipinski definition) is 1. The van der Waals surface area contributed by atoms with E-state index in [1.54, 1.807) is 6.07 Å². The van der Waals surface area contributed by atoms with E-state index in [-0.39, 0.29) is 18.2 Å². The van der Waals surface area contributed by atoms with Crippen molar-refractivity contribution in [2.75, 3.05) is 6.61 Å². The minimum Gasteiger partial charge on any atom is -0.396 e. The molecule has 1 radical (unpaired) electrons. The SMILES string of the molecule is [CH2]C(CO)c1cc(I)cc([N+](=O)[O-])c1. The Kier molecular flexibility index (Phi) is 3.82. The third-order valence-electron chi connectivity index (χ3n) is 1.81. The van der Waals surface area contributed by atoms with Crippen LogP contribution in [0.1, 0.15) is 11.5 Å². The van der Waals surface area contributed by atoms with Crippen LogP contribution in [0.3, 0.4) is 0 Å². The predicted octanol–water partition coefficient (Wildman–Crippen LogP) is 2.11. The van der Waals surface area contributed by atoms with Gasteiger partial charge in [0.05, 0.1) is 4.92 Å². The highest BCUT2D eigenvalue weighted by molar-refractivity contribution is 14.1. The van der Waals surface area contributed by atoms with E-state index in [9.17, 15) is 10.1 Å². The van der Waals surface area contributed by atoms with Crippen LogP contribution < -0.4 is 0 Å². The van der Waals surface area contributed by atoms with Crippen LogP contribution in [0, 0.1) is 20.6 Å². The minimum absolute atomic E-state index is 0.0361. The van der Waals surface area contributed by atoms with Crippen molar-refractivity contribution in [3.05, 3.63) is 44.4 Å². The van der Waals surface area contributed by atoms with Crippen LogP contribution in [-0.2, 0) is 0 Å². The van der Waals surface area contributed by atoms with Gasteiger partial charge in [0.15, 0.2) is 0 Å². The molecule has 0 amide bonds. The third-order valence-corrected chi connectivity index (χ3v) is 2.43. The van der Waals surface area contributed by atoms with Crippen molar-refractivity contribution < 1.29 is 10.0 Å². The summed E-state index contributed by atoms with van der Waals surface area (Å²) in [6.07, 6.45) is 0. The van der Waals surface area contributed by atoms with E-state index in [4.69, 9.17) is 5.11 Å². The summed E-state index contributed by atoms with van der Waals surface area (Å²) >= 11 is 2.00. The lowest BCUT2D eigenvalue weighted by Gasteiger charge is -2.07. The van der Waals surface area contributed by atoms with Crippen LogP contribution in [0.25, 0.3) is 0 Å². The molecule has 1 aromatic carbocycles. The van der Waals surface area contributed by atoms with Crippen LogP contribution in [0.15, 0.2) is 18.2 Å². The fourth-order valence-electron chi connectivity index (χ4n) is 1.04. The number of hydrogen-bond acceptors (Lipinski definition) is 3. The molecule has 1 unspecified atom stereocenters. The second kappa shape index (κ2) is 4.70. The quantitative estimate of drug-likeness (QED) is 0.528. The number of nitrogens with zero attached hydrogens (tertiary/aromatic N) is 1. The molecular weight excluding hydrogens is 297 g/mol. The third kappa shape index (κ3) is 2.65. The van der Waals surface area contributed by atoms with Gasteiger partial charge in [-0.15, -0.1) is 0 Å². The highest BCUT2D eigenvalue weighted by Crippen LogP contribution is 2.23. The zero-order chi connectivity index (χ0) is 10.7. The number of non-ortho nitro benzene ring substituents is 1. The van der Waals surface area contributed by atoms with Crippen molar-refractivity contribution in [3.8, 4) is 0 Å². The van der Waals surface area contributed by atoms with Crippen molar-refractivity contribution in [2.24, 2.45) is 0 Å². The Balaban J connectivity index is 3.13. The molecule has 0 fully saturated rings. The Bertz CT molecular complexity index is 354. The molecule has 4 nitrogen and oxygen atoms in total. The smallest absolute Gasteiger partial charge is 0.270 e. The van der Waals surface area contributed by atoms with E-state index in [1.165, 1.54) is 12.1 Å². The lowest BCUT2D eigenvalue weighted by molar-refractivity contribution is -0.385. The predicted molar refractivity (Wildman–Crippen MR) is 61.0 cm³/mol. The topological polar surface area (TPSA) is 63.4 Å². The number of aliphatic hydroxyl groups is 1. The van der Waals surface area contributed by atoms with Crippen LogP contribution in [-0.4, -0.2) is 16.6 Å². The van der Waals surface area contributed by atoms with Gasteiger partial charge >= 0.3 is 0 Å². The van der Waals surface area contributed by atoms with Gasteiger partial charge in [0, 0.05) is 28.2 Å². The summed E-state index contributed by atoms with van der Waals surface area (Å²) in [5.41, 5.74) is 0.722. The summed E-state index contributed by atoms with van der Waals surface area (Å²) in [6, 6.07) is 4.70. The fourth-order valence-corrected chi connectivity index (χ4v) is 1.72. The first kappa shape index (κ1) is 11.4. The molecule has 1 rings (SSSR count). The van der Waals surface area contributed by atoms with Gasteiger partial charge in [-0.2, -0.15) is 0 Å². The molecule has 14 heavy (non-hydrogen) atoms. The fraction of sp³-hybridized carbons (Fsp3) is 0.222. The first-order valence-corrected chi connectivity index (χ1v) is 5.01. The lowest BCUT2D eigenvalue weighted by atomic mass is 10.0. The van der Waals surface area contributed by atoms with E-state index < -0.39 is 4.92 Å². The largest absolute Gasteiger partial charge is 0.396 e. The molecule has 0 heterocycles. The number of aliphatic hydroxyl groups excluding tert-OH is 1. The number of nitro benzene ring substituents is 1. The van der Waals surface area contributed by atoms with Crippen LogP contribution >= 0.6 is 22.6 Å². The van der Waals surface area contributed by atoms with Crippen LogP contribution in [0.4, 0.5) is 5.69 Å². The Morgan fingerprint density at radius 1 is 1.57 bits per heavy atom. The van der Waals surface area contributed by atoms with E-state index in [1.807, 2.05) is 22.6 Å². The Morgan fingerprint density at radius 2 is 2.21 bits per heavy atom. The molecule has 1 atom stereocenters. The average Bonchev–Trinajstić information content (AvgIpc) is 2.15. The molecule has 0 saturated heterocycles. The molecule has 0 spiro atoms. The Hall–Kier alpha value is -0.690. The number of nitro groups is 1. The zero-order valence-corrected chi connectivity index (χ0v) is 9.47. The summed E-state index contributed by atoms with van der Waals surface area (Å²) in [5.74, 6) is -0.316. The first-order valence-electron chi connectivity index (χ1n) is 3.93. The molecule has 0 saturated carbocycles. The first-order chi connectivity index (χ1) is 6.54. The number of benzene rings is 1. The molecule has 0 aromatic heterocycles. The molecule has 0 bridgehead atoms. The molecule has 0 aliphatic rings. The van der Waals surface area contributed by atoms with Gasteiger partial charge < -0.3 is 5.11 Å². The van der Waals surface area contributed by atoms with E-state index in [2.05, 4.69) is 6.92 Å². The molecule has 75 valence electrons. The summed E-state index contributed by atoms with van der Waals surface area (Å²) < 4.78 is 0.772. The van der Waals surface area contributed by atoms with Gasteiger partial charge in [-0.05, 0) is 41.1 Å². The highest BCUT2D eigenvalue weighted by atomic mass is 127. The maximum absolute atomic E-state index is 10.5. The summed E-state index contributed by atoms with van der Waals surface area (Å²) in [6.45, 7) is 3.58. The molecular formula is C9H9INO3. The van der Waals surface area contributed by atoms with Gasteiger partial charge in [-0.1, -0.05) is 0 Å². The summed E-state index contributed by atoms with van der Waals surface area (Å²) in [4.78, 5) is 10.1. The second-order valence-corrected chi connectivity index (χ2v) is 4.13. The maximum atomic E-state index is 10.5. The minimum atomic E-state index is -0.449. The molecule has 0 aliphatic carbocycles. The van der Waals surface area contributed by atoms with Gasteiger partial charge in [0.2, 0.25) is 0 Å². The Morgan fingerprint density at radius 3 is 2.71 bits per heavy atom. The molecule has 0 aliphatic heterocycles. The van der Waals surface area contributed by atoms with Crippen molar-refractivity contribution in [3.63, 3.8) is 0 Å². The molecule has 5 heteroatoms. The van der Waals surface area contributed by atoms with Gasteiger partial charge in [0.1, 0.15) is 0 Å². The highest BCUT2D eigenvalue weighted by Gasteiger charge is 2.12. The number of halogens is 1. The van der Waals surface area contributed by atoms with Crippen LogP contribution in [0.5, 0.6) is 0 Å². The summed E-state index contributed by atoms with van der Waals surface area (Å²) in [5, 5.41) is 19.4. The van der Waals surface area contributed by atoms with Crippen molar-refractivity contribution in [2.45, 2.75) is 5.92 Å². The normalized spacial score (nSPS) is 12.5. The van der Waals surface area contributed by atoms with Gasteiger partial charge in [0.25, 0.3) is 5.69 Å². The standard InChI is InChI=1S/C9H9INO3/c1-6(5-12)7-2-8(10)4-9(3-7)11(13)14/h2-4,6,12H,1,5H2. The van der Waals surface area contributed by atoms with Gasteiger partial charge in [-0.25, -0.2) is 0 Å². The van der Waals surface area contributed by atoms with E-state index >= 15 is 0 Å².